The highest BCUT2D eigenvalue weighted by Gasteiger charge is 2.17. The lowest BCUT2D eigenvalue weighted by Gasteiger charge is -2.00. The topological polar surface area (TPSA) is 64.7 Å². The van der Waals surface area contributed by atoms with Crippen molar-refractivity contribution in [2.45, 2.75) is 6.92 Å². The van der Waals surface area contributed by atoms with Crippen molar-refractivity contribution in [3.05, 3.63) is 11.6 Å². The van der Waals surface area contributed by atoms with Gasteiger partial charge in [-0.1, -0.05) is 0 Å². The molecule has 11 heavy (non-hydrogen) atoms. The molecule has 1 heterocycles. The van der Waals surface area contributed by atoms with Gasteiger partial charge in [0.25, 0.3) is 0 Å². The van der Waals surface area contributed by atoms with Gasteiger partial charge in [0.2, 0.25) is 0 Å². The molecule has 1 rings (SSSR count). The Morgan fingerprint density at radius 3 is 3.09 bits per heavy atom. The maximum atomic E-state index is 11.0. The summed E-state index contributed by atoms with van der Waals surface area (Å²) >= 11 is 0. The smallest absolute Gasteiger partial charge is 0.341 e. The van der Waals surface area contributed by atoms with Gasteiger partial charge in [0.15, 0.2) is 0 Å². The predicted molar refractivity (Wildman–Crippen MR) is 41.2 cm³/mol. The Bertz CT molecular complexity index is 231. The van der Waals surface area contributed by atoms with Gasteiger partial charge in [0, 0.05) is 0 Å². The van der Waals surface area contributed by atoms with E-state index in [1.165, 1.54) is 0 Å². The lowest BCUT2D eigenvalue weighted by atomic mass is 10.2. The number of ether oxygens (including phenoxy) is 1. The lowest BCUT2D eigenvalue weighted by molar-refractivity contribution is -0.137. The molecule has 0 atom stereocenters. The molecule has 0 unspecified atom stereocenters. The van der Waals surface area contributed by atoms with Gasteiger partial charge in [-0.25, -0.2) is 4.79 Å². The summed E-state index contributed by atoms with van der Waals surface area (Å²) in [5.41, 5.74) is 5.79. The van der Waals surface area contributed by atoms with Gasteiger partial charge >= 0.3 is 5.97 Å². The second-order valence-corrected chi connectivity index (χ2v) is 2.06. The number of hydrogen-bond acceptors (Lipinski definition) is 4. The van der Waals surface area contributed by atoms with Crippen LogP contribution in [0.3, 0.4) is 0 Å². The van der Waals surface area contributed by atoms with Gasteiger partial charge in [-0.2, -0.15) is 0 Å². The first-order valence-electron chi connectivity index (χ1n) is 3.43. The number of aliphatic imine (C=N–C) groups is 1. The largest absolute Gasteiger partial charge is 0.462 e. The van der Waals surface area contributed by atoms with Crippen LogP contribution >= 0.6 is 0 Å². The molecule has 0 aromatic rings. The minimum absolute atomic E-state index is 0.281. The third-order valence-corrected chi connectivity index (χ3v) is 1.33. The molecule has 0 aliphatic carbocycles. The Labute approximate surface area is 64.7 Å². The van der Waals surface area contributed by atoms with E-state index in [0.717, 1.165) is 0 Å². The van der Waals surface area contributed by atoms with Crippen molar-refractivity contribution in [2.75, 3.05) is 13.2 Å². The van der Waals surface area contributed by atoms with E-state index in [4.69, 9.17) is 10.5 Å². The highest BCUT2D eigenvalue weighted by atomic mass is 16.5. The molecule has 0 saturated carbocycles. The lowest BCUT2D eigenvalue weighted by Crippen LogP contribution is -2.20. The first-order valence-corrected chi connectivity index (χ1v) is 3.43. The Balaban J connectivity index is 2.61. The summed E-state index contributed by atoms with van der Waals surface area (Å²) < 4.78 is 4.73. The third kappa shape index (κ3) is 1.58. The average molecular weight is 154 g/mol. The van der Waals surface area contributed by atoms with Crippen molar-refractivity contribution in [1.82, 2.24) is 0 Å². The minimum Gasteiger partial charge on any atom is -0.462 e. The zero-order chi connectivity index (χ0) is 8.27. The fourth-order valence-corrected chi connectivity index (χ4v) is 0.822. The number of carbonyl (C=O) groups excluding carboxylic acids is 1. The van der Waals surface area contributed by atoms with Crippen molar-refractivity contribution >= 4 is 11.8 Å². The van der Waals surface area contributed by atoms with Gasteiger partial charge in [-0.05, 0) is 13.0 Å². The predicted octanol–water partition coefficient (Wildman–Crippen LogP) is -0.153. The number of amidine groups is 1. The second-order valence-electron chi connectivity index (χ2n) is 2.06. The van der Waals surface area contributed by atoms with Crippen LogP contribution in [0.5, 0.6) is 0 Å². The zero-order valence-corrected chi connectivity index (χ0v) is 6.33. The van der Waals surface area contributed by atoms with E-state index in [1.54, 1.807) is 13.0 Å². The fourth-order valence-electron chi connectivity index (χ4n) is 0.822. The van der Waals surface area contributed by atoms with E-state index in [0.29, 0.717) is 18.7 Å². The molecular weight excluding hydrogens is 144 g/mol. The van der Waals surface area contributed by atoms with Crippen molar-refractivity contribution in [1.29, 1.82) is 0 Å². The maximum absolute atomic E-state index is 11.0. The van der Waals surface area contributed by atoms with E-state index in [1.807, 2.05) is 0 Å². The number of rotatable bonds is 2. The van der Waals surface area contributed by atoms with Crippen molar-refractivity contribution in [3.8, 4) is 0 Å². The van der Waals surface area contributed by atoms with Crippen LogP contribution in [0, 0.1) is 0 Å². The number of hydrogen-bond donors (Lipinski definition) is 1. The van der Waals surface area contributed by atoms with Crippen LogP contribution in [0.1, 0.15) is 6.92 Å². The normalized spacial score (nSPS) is 15.7. The number of nitrogens with two attached hydrogens (primary N) is 1. The van der Waals surface area contributed by atoms with Crippen LogP contribution in [-0.4, -0.2) is 25.0 Å². The van der Waals surface area contributed by atoms with Crippen molar-refractivity contribution < 1.29 is 9.53 Å². The van der Waals surface area contributed by atoms with Crippen molar-refractivity contribution in [3.63, 3.8) is 0 Å². The summed E-state index contributed by atoms with van der Waals surface area (Å²) in [5.74, 6) is -0.102. The molecule has 4 heteroatoms. The number of carbonyl (C=O) groups is 1. The molecule has 0 amide bonds. The minimum atomic E-state index is -0.383. The fraction of sp³-hybridized carbons (Fsp3) is 0.429. The molecule has 0 spiro atoms. The van der Waals surface area contributed by atoms with Crippen LogP contribution in [-0.2, 0) is 9.53 Å². The van der Waals surface area contributed by atoms with Crippen LogP contribution in [0.2, 0.25) is 0 Å². The highest BCUT2D eigenvalue weighted by molar-refractivity contribution is 6.19. The Hall–Kier alpha value is -1.32. The van der Waals surface area contributed by atoms with E-state index >= 15 is 0 Å². The van der Waals surface area contributed by atoms with E-state index < -0.39 is 0 Å². The molecule has 0 radical (unpaired) electrons. The molecule has 60 valence electrons. The molecule has 0 bridgehead atoms. The molecule has 4 nitrogen and oxygen atoms in total. The monoisotopic (exact) mass is 154 g/mol. The first kappa shape index (κ1) is 7.78. The van der Waals surface area contributed by atoms with Gasteiger partial charge in [0.05, 0.1) is 18.7 Å². The third-order valence-electron chi connectivity index (χ3n) is 1.33. The van der Waals surface area contributed by atoms with Crippen LogP contribution in [0.4, 0.5) is 0 Å². The summed E-state index contributed by atoms with van der Waals surface area (Å²) in [6.07, 6.45) is 1.66. The molecule has 0 aromatic heterocycles. The summed E-state index contributed by atoms with van der Waals surface area (Å²) in [7, 11) is 0. The summed E-state index contributed by atoms with van der Waals surface area (Å²) in [5, 5.41) is 0. The first-order chi connectivity index (χ1) is 5.25. The SMILES string of the molecule is CCOC(=O)C1=CCN=C1N. The Morgan fingerprint density at radius 1 is 1.91 bits per heavy atom. The molecular formula is C7H10N2O2. The quantitative estimate of drug-likeness (QED) is 0.562. The summed E-state index contributed by atoms with van der Waals surface area (Å²) in [4.78, 5) is 14.8. The van der Waals surface area contributed by atoms with Crippen LogP contribution in [0.25, 0.3) is 0 Å². The second kappa shape index (κ2) is 3.18. The Kier molecular flexibility index (Phi) is 2.25. The summed E-state index contributed by atoms with van der Waals surface area (Å²) in [6, 6.07) is 0. The molecule has 1 aliphatic heterocycles. The van der Waals surface area contributed by atoms with Gasteiger partial charge in [-0.15, -0.1) is 0 Å². The van der Waals surface area contributed by atoms with Gasteiger partial charge in [-0.3, -0.25) is 4.99 Å². The number of nitrogens with zero attached hydrogens (tertiary/aromatic N) is 1. The average Bonchev–Trinajstić information content (AvgIpc) is 2.36. The molecule has 0 aromatic carbocycles. The maximum Gasteiger partial charge on any atom is 0.341 e. The standard InChI is InChI=1S/C7H10N2O2/c1-2-11-7(10)5-3-4-9-6(5)8/h3H,2,4H2,1H3,(H2,8,9). The molecule has 0 fully saturated rings. The van der Waals surface area contributed by atoms with E-state index in [9.17, 15) is 4.79 Å². The zero-order valence-electron chi connectivity index (χ0n) is 6.33. The Morgan fingerprint density at radius 2 is 2.64 bits per heavy atom. The summed E-state index contributed by atoms with van der Waals surface area (Å²) in [6.45, 7) is 2.60. The van der Waals surface area contributed by atoms with Gasteiger partial charge < -0.3 is 10.5 Å². The van der Waals surface area contributed by atoms with E-state index in [-0.39, 0.29) is 11.8 Å². The van der Waals surface area contributed by atoms with E-state index in [2.05, 4.69) is 4.99 Å². The molecule has 1 aliphatic rings. The van der Waals surface area contributed by atoms with Crippen molar-refractivity contribution in [2.24, 2.45) is 10.7 Å². The molecule has 0 saturated heterocycles. The van der Waals surface area contributed by atoms with Crippen LogP contribution in [0.15, 0.2) is 16.6 Å². The van der Waals surface area contributed by atoms with Gasteiger partial charge in [0.1, 0.15) is 5.84 Å². The number of esters is 1. The molecule has 2 N–H and O–H groups in total. The van der Waals surface area contributed by atoms with Crippen LogP contribution < -0.4 is 5.73 Å². The highest BCUT2D eigenvalue weighted by Crippen LogP contribution is 2.04.